The van der Waals surface area contributed by atoms with Gasteiger partial charge < -0.3 is 9.47 Å². The van der Waals surface area contributed by atoms with Crippen LogP contribution in [0.25, 0.3) is 0 Å². The van der Waals surface area contributed by atoms with E-state index in [-0.39, 0.29) is 0 Å². The van der Waals surface area contributed by atoms with Crippen molar-refractivity contribution in [2.75, 3.05) is 7.11 Å². The molecule has 5 heteroatoms. The van der Waals surface area contributed by atoms with Crippen LogP contribution in [0.1, 0.15) is 10.4 Å². The summed E-state index contributed by atoms with van der Waals surface area (Å²) in [7, 11) is 1.62. The zero-order chi connectivity index (χ0) is 12.1. The summed E-state index contributed by atoms with van der Waals surface area (Å²) in [6.07, 6.45) is 1.80. The first-order chi connectivity index (χ1) is 8.33. The van der Waals surface area contributed by atoms with Crippen LogP contribution in [0, 0.1) is 0 Å². The predicted molar refractivity (Wildman–Crippen MR) is 69.0 cm³/mol. The maximum atomic E-state index is 5.76. The van der Waals surface area contributed by atoms with Gasteiger partial charge in [-0.1, -0.05) is 6.07 Å². The minimum atomic E-state index is 0.464. The zero-order valence-electron chi connectivity index (χ0n) is 9.35. The summed E-state index contributed by atoms with van der Waals surface area (Å²) in [6.45, 7) is 0.501. The van der Waals surface area contributed by atoms with Crippen molar-refractivity contribution < 1.29 is 9.47 Å². The third-order valence-corrected chi connectivity index (χ3v) is 3.30. The summed E-state index contributed by atoms with van der Waals surface area (Å²) >= 11 is 7.33. The number of alkyl halides is 1. The van der Waals surface area contributed by atoms with E-state index < -0.39 is 0 Å². The number of methoxy groups -OCH3 is 1. The molecule has 0 aliphatic carbocycles. The summed E-state index contributed by atoms with van der Waals surface area (Å²) in [4.78, 5) is 5.07. The van der Waals surface area contributed by atoms with Gasteiger partial charge in [-0.3, -0.25) is 4.98 Å². The van der Waals surface area contributed by atoms with Gasteiger partial charge in [0.15, 0.2) is 11.5 Å². The van der Waals surface area contributed by atoms with Crippen molar-refractivity contribution in [3.8, 4) is 11.5 Å². The van der Waals surface area contributed by atoms with Crippen LogP contribution in [0.3, 0.4) is 0 Å². The number of hydrogen-bond donors (Lipinski definition) is 0. The molecule has 1 heterocycles. The first-order valence-corrected chi connectivity index (χ1v) is 6.48. The molecule has 90 valence electrons. The van der Waals surface area contributed by atoms with E-state index in [1.165, 1.54) is 0 Å². The van der Waals surface area contributed by atoms with E-state index in [1.54, 1.807) is 30.2 Å². The lowest BCUT2D eigenvalue weighted by molar-refractivity contribution is 0.287. The molecule has 0 radical (unpaired) electrons. The van der Waals surface area contributed by atoms with E-state index in [1.807, 2.05) is 18.2 Å². The summed E-state index contributed by atoms with van der Waals surface area (Å²) in [5.41, 5.74) is 2.79. The average molecular weight is 270 g/mol. The average Bonchev–Trinajstić information content (AvgIpc) is 2.89. The number of ether oxygens (including phenoxy) is 2. The van der Waals surface area contributed by atoms with E-state index in [0.717, 1.165) is 16.2 Å². The standard InChI is InChI=1S/C12H12ClNO2S/c1-15-12-4-9(5-13)2-3-11(12)16-7-10-6-14-8-17-10/h2-4,6,8H,5,7H2,1H3. The van der Waals surface area contributed by atoms with Crippen molar-refractivity contribution in [2.45, 2.75) is 12.5 Å². The SMILES string of the molecule is COc1cc(CCl)ccc1OCc1cncs1. The van der Waals surface area contributed by atoms with E-state index in [0.29, 0.717) is 18.2 Å². The molecule has 0 fully saturated rings. The monoisotopic (exact) mass is 269 g/mol. The normalized spacial score (nSPS) is 10.2. The lowest BCUT2D eigenvalue weighted by Gasteiger charge is -2.10. The summed E-state index contributed by atoms with van der Waals surface area (Å²) < 4.78 is 10.9. The Kier molecular flexibility index (Phi) is 4.23. The van der Waals surface area contributed by atoms with Crippen molar-refractivity contribution in [3.05, 3.63) is 40.3 Å². The molecule has 0 saturated heterocycles. The molecule has 0 aliphatic rings. The molecule has 0 unspecified atom stereocenters. The smallest absolute Gasteiger partial charge is 0.161 e. The van der Waals surface area contributed by atoms with Crippen LogP contribution < -0.4 is 9.47 Å². The van der Waals surface area contributed by atoms with Crippen LogP contribution in [-0.4, -0.2) is 12.1 Å². The molecule has 0 atom stereocenters. The molecule has 1 aromatic heterocycles. The Balaban J connectivity index is 2.09. The molecule has 0 spiro atoms. The summed E-state index contributed by atoms with van der Waals surface area (Å²) in [5.74, 6) is 1.88. The Morgan fingerprint density at radius 3 is 2.88 bits per heavy atom. The lowest BCUT2D eigenvalue weighted by Crippen LogP contribution is -1.96. The molecule has 0 amide bonds. The third-order valence-electron chi connectivity index (χ3n) is 2.24. The number of rotatable bonds is 5. The van der Waals surface area contributed by atoms with Crippen molar-refractivity contribution in [3.63, 3.8) is 0 Å². The minimum Gasteiger partial charge on any atom is -0.493 e. The Labute approximate surface area is 109 Å². The van der Waals surface area contributed by atoms with E-state index in [4.69, 9.17) is 21.1 Å². The minimum absolute atomic E-state index is 0.464. The molecule has 17 heavy (non-hydrogen) atoms. The van der Waals surface area contributed by atoms with Gasteiger partial charge >= 0.3 is 0 Å². The molecule has 2 rings (SSSR count). The van der Waals surface area contributed by atoms with E-state index >= 15 is 0 Å². The first kappa shape index (κ1) is 12.2. The second kappa shape index (κ2) is 5.89. The van der Waals surface area contributed by atoms with Gasteiger partial charge in [-0.2, -0.15) is 0 Å². The molecule has 0 aliphatic heterocycles. The van der Waals surface area contributed by atoms with E-state index in [9.17, 15) is 0 Å². The number of aromatic nitrogens is 1. The first-order valence-electron chi connectivity index (χ1n) is 5.06. The molecular formula is C12H12ClNO2S. The highest BCUT2D eigenvalue weighted by atomic mass is 35.5. The maximum absolute atomic E-state index is 5.76. The number of nitrogens with zero attached hydrogens (tertiary/aromatic N) is 1. The van der Waals surface area contributed by atoms with Crippen molar-refractivity contribution in [2.24, 2.45) is 0 Å². The van der Waals surface area contributed by atoms with Gasteiger partial charge in [0.2, 0.25) is 0 Å². The largest absolute Gasteiger partial charge is 0.493 e. The van der Waals surface area contributed by atoms with Crippen LogP contribution in [0.4, 0.5) is 0 Å². The zero-order valence-corrected chi connectivity index (χ0v) is 10.9. The molecule has 2 aromatic rings. The van der Waals surface area contributed by atoms with Gasteiger partial charge in [-0.15, -0.1) is 22.9 Å². The van der Waals surface area contributed by atoms with Crippen molar-refractivity contribution in [1.82, 2.24) is 4.98 Å². The third kappa shape index (κ3) is 3.11. The topological polar surface area (TPSA) is 31.4 Å². The molecule has 0 bridgehead atoms. The van der Waals surface area contributed by atoms with Gasteiger partial charge in [0.25, 0.3) is 0 Å². The Bertz CT molecular complexity index is 473. The van der Waals surface area contributed by atoms with Crippen LogP contribution in [-0.2, 0) is 12.5 Å². The van der Waals surface area contributed by atoms with Crippen LogP contribution >= 0.6 is 22.9 Å². The molecular weight excluding hydrogens is 258 g/mol. The highest BCUT2D eigenvalue weighted by molar-refractivity contribution is 7.09. The second-order valence-electron chi connectivity index (χ2n) is 3.38. The highest BCUT2D eigenvalue weighted by Gasteiger charge is 2.06. The molecule has 1 aromatic carbocycles. The Morgan fingerprint density at radius 2 is 2.24 bits per heavy atom. The second-order valence-corrected chi connectivity index (χ2v) is 4.61. The van der Waals surface area contributed by atoms with Crippen LogP contribution in [0.15, 0.2) is 29.9 Å². The number of benzene rings is 1. The molecule has 3 nitrogen and oxygen atoms in total. The Morgan fingerprint density at radius 1 is 1.35 bits per heavy atom. The molecule has 0 N–H and O–H groups in total. The van der Waals surface area contributed by atoms with Crippen LogP contribution in [0.5, 0.6) is 11.5 Å². The highest BCUT2D eigenvalue weighted by Crippen LogP contribution is 2.29. The summed E-state index contributed by atoms with van der Waals surface area (Å²) in [5, 5.41) is 0. The fraction of sp³-hybridized carbons (Fsp3) is 0.250. The number of hydrogen-bond acceptors (Lipinski definition) is 4. The quantitative estimate of drug-likeness (QED) is 0.779. The van der Waals surface area contributed by atoms with E-state index in [2.05, 4.69) is 4.98 Å². The van der Waals surface area contributed by atoms with Gasteiger partial charge in [-0.25, -0.2) is 0 Å². The number of halogens is 1. The fourth-order valence-corrected chi connectivity index (χ4v) is 2.05. The lowest BCUT2D eigenvalue weighted by atomic mass is 10.2. The maximum Gasteiger partial charge on any atom is 0.161 e. The van der Waals surface area contributed by atoms with Crippen molar-refractivity contribution >= 4 is 22.9 Å². The van der Waals surface area contributed by atoms with Gasteiger partial charge in [0, 0.05) is 12.1 Å². The Hall–Kier alpha value is -1.26. The summed E-state index contributed by atoms with van der Waals surface area (Å²) in [6, 6.07) is 5.68. The number of thiazole rings is 1. The fourth-order valence-electron chi connectivity index (χ4n) is 1.38. The predicted octanol–water partition coefficient (Wildman–Crippen LogP) is 3.47. The van der Waals surface area contributed by atoms with Gasteiger partial charge in [-0.05, 0) is 17.7 Å². The van der Waals surface area contributed by atoms with Gasteiger partial charge in [0.05, 0.1) is 17.5 Å². The van der Waals surface area contributed by atoms with Crippen molar-refractivity contribution in [1.29, 1.82) is 0 Å². The molecule has 0 saturated carbocycles. The van der Waals surface area contributed by atoms with Gasteiger partial charge in [0.1, 0.15) is 6.61 Å². The van der Waals surface area contributed by atoms with Crippen LogP contribution in [0.2, 0.25) is 0 Å².